The fourth-order valence-corrected chi connectivity index (χ4v) is 6.76. The summed E-state index contributed by atoms with van der Waals surface area (Å²) in [5, 5.41) is 4.68. The van der Waals surface area contributed by atoms with Crippen LogP contribution in [0.4, 0.5) is 0 Å². The van der Waals surface area contributed by atoms with Gasteiger partial charge >= 0.3 is 0 Å². The maximum absolute atomic E-state index is 5.27. The van der Waals surface area contributed by atoms with Crippen molar-refractivity contribution in [3.8, 4) is 50.6 Å². The Morgan fingerprint density at radius 1 is 0.404 bits per heavy atom. The number of benzene rings is 7. The van der Waals surface area contributed by atoms with Gasteiger partial charge in [0.25, 0.3) is 0 Å². The molecule has 7 aromatic carbocycles. The van der Waals surface area contributed by atoms with E-state index < -0.39 is 0 Å². The summed E-state index contributed by atoms with van der Waals surface area (Å²) in [4.78, 5) is 10.5. The maximum atomic E-state index is 5.27. The average molecular weight is 600 g/mol. The molecule has 0 saturated carbocycles. The molecule has 0 amide bonds. The summed E-state index contributed by atoms with van der Waals surface area (Å²) in [5.41, 5.74) is 10.8. The summed E-state index contributed by atoms with van der Waals surface area (Å²) < 4.78 is 2.28. The number of aromatic nitrogens is 3. The van der Waals surface area contributed by atoms with Gasteiger partial charge in [-0.15, -0.1) is 0 Å². The first-order valence-electron chi connectivity index (χ1n) is 15.9. The second-order valence-electron chi connectivity index (χ2n) is 11.8. The fraction of sp³-hybridized carbons (Fsp3) is 0. The standard InChI is InChI=1S/C44H29N3/c1-4-14-33(15-5-1)42-41-39-29-35(30-23-25-32(26-24-30)38-22-12-18-31-13-10-11-21-37(31)38)27-28-40(39)47(36-19-8-3-9-20-36)44(41)46-43(45-42)34-16-6-2-7-17-34/h1-29H. The number of rotatable bonds is 5. The summed E-state index contributed by atoms with van der Waals surface area (Å²) in [6.45, 7) is 0. The van der Waals surface area contributed by atoms with Crippen molar-refractivity contribution >= 4 is 32.7 Å². The Labute approximate surface area is 273 Å². The lowest BCUT2D eigenvalue weighted by atomic mass is 9.95. The van der Waals surface area contributed by atoms with Gasteiger partial charge in [-0.05, 0) is 57.3 Å². The van der Waals surface area contributed by atoms with Crippen molar-refractivity contribution in [1.29, 1.82) is 0 Å². The minimum atomic E-state index is 0.709. The SMILES string of the molecule is c1ccc(-c2nc(-c3ccccc3)c3c4cc(-c5ccc(-c6cccc7ccccc67)cc5)ccc4n(-c4ccccc4)c3n2)cc1. The van der Waals surface area contributed by atoms with E-state index in [9.17, 15) is 0 Å². The Balaban J connectivity index is 1.28. The van der Waals surface area contributed by atoms with Crippen LogP contribution in [0.25, 0.3) is 83.3 Å². The quantitative estimate of drug-likeness (QED) is 0.197. The van der Waals surface area contributed by atoms with E-state index in [1.807, 2.05) is 24.3 Å². The fourth-order valence-electron chi connectivity index (χ4n) is 6.76. The molecule has 0 aliphatic heterocycles. The van der Waals surface area contributed by atoms with Gasteiger partial charge in [-0.3, -0.25) is 4.57 Å². The first-order chi connectivity index (χ1) is 23.3. The smallest absolute Gasteiger partial charge is 0.162 e. The Bertz CT molecular complexity index is 2530. The molecule has 0 saturated heterocycles. The molecule has 0 atom stereocenters. The van der Waals surface area contributed by atoms with E-state index in [1.54, 1.807) is 0 Å². The van der Waals surface area contributed by atoms with E-state index in [0.717, 1.165) is 50.0 Å². The van der Waals surface area contributed by atoms with Crippen LogP contribution in [0.3, 0.4) is 0 Å². The number of para-hydroxylation sites is 1. The second kappa shape index (κ2) is 11.2. The van der Waals surface area contributed by atoms with Crippen molar-refractivity contribution in [2.45, 2.75) is 0 Å². The largest absolute Gasteiger partial charge is 0.294 e. The van der Waals surface area contributed by atoms with Crippen LogP contribution in [0, 0.1) is 0 Å². The Morgan fingerprint density at radius 2 is 1.02 bits per heavy atom. The molecular weight excluding hydrogens is 571 g/mol. The summed E-state index contributed by atoms with van der Waals surface area (Å²) in [6, 6.07) is 62.0. The molecule has 0 radical (unpaired) electrons. The number of hydrogen-bond acceptors (Lipinski definition) is 2. The van der Waals surface area contributed by atoms with E-state index in [-0.39, 0.29) is 0 Å². The minimum absolute atomic E-state index is 0.709. The van der Waals surface area contributed by atoms with Gasteiger partial charge in [-0.1, -0.05) is 152 Å². The highest BCUT2D eigenvalue weighted by atomic mass is 15.1. The van der Waals surface area contributed by atoms with E-state index in [1.165, 1.54) is 27.5 Å². The Hall–Kier alpha value is -6.32. The first-order valence-corrected chi connectivity index (χ1v) is 15.9. The van der Waals surface area contributed by atoms with Crippen molar-refractivity contribution < 1.29 is 0 Å². The predicted molar refractivity (Wildman–Crippen MR) is 196 cm³/mol. The van der Waals surface area contributed by atoms with Crippen molar-refractivity contribution in [2.75, 3.05) is 0 Å². The van der Waals surface area contributed by atoms with Crippen LogP contribution < -0.4 is 0 Å². The highest BCUT2D eigenvalue weighted by molar-refractivity contribution is 6.15. The van der Waals surface area contributed by atoms with E-state index >= 15 is 0 Å². The molecule has 220 valence electrons. The lowest BCUT2D eigenvalue weighted by Crippen LogP contribution is -1.99. The third-order valence-electron chi connectivity index (χ3n) is 9.02. The average Bonchev–Trinajstić information content (AvgIpc) is 3.49. The molecule has 2 heterocycles. The Morgan fingerprint density at radius 3 is 1.79 bits per heavy atom. The maximum Gasteiger partial charge on any atom is 0.162 e. The summed E-state index contributed by atoms with van der Waals surface area (Å²) in [7, 11) is 0. The van der Waals surface area contributed by atoms with Gasteiger partial charge in [0.2, 0.25) is 0 Å². The molecule has 0 aliphatic rings. The van der Waals surface area contributed by atoms with E-state index in [4.69, 9.17) is 9.97 Å². The molecule has 47 heavy (non-hydrogen) atoms. The molecule has 0 fully saturated rings. The summed E-state index contributed by atoms with van der Waals surface area (Å²) in [6.07, 6.45) is 0. The monoisotopic (exact) mass is 599 g/mol. The summed E-state index contributed by atoms with van der Waals surface area (Å²) >= 11 is 0. The molecule has 0 spiro atoms. The molecular formula is C44H29N3. The molecule has 3 heteroatoms. The molecule has 3 nitrogen and oxygen atoms in total. The van der Waals surface area contributed by atoms with Gasteiger partial charge in [0.15, 0.2) is 5.82 Å². The molecule has 0 bridgehead atoms. The van der Waals surface area contributed by atoms with Crippen LogP contribution in [0.1, 0.15) is 0 Å². The van der Waals surface area contributed by atoms with Gasteiger partial charge in [0.05, 0.1) is 16.6 Å². The number of fused-ring (bicyclic) bond motifs is 4. The molecule has 2 aromatic heterocycles. The molecule has 9 rings (SSSR count). The lowest BCUT2D eigenvalue weighted by Gasteiger charge is -2.10. The second-order valence-corrected chi connectivity index (χ2v) is 11.8. The van der Waals surface area contributed by atoms with Crippen LogP contribution in [0.5, 0.6) is 0 Å². The number of nitrogens with zero attached hydrogens (tertiary/aromatic N) is 3. The van der Waals surface area contributed by atoms with Gasteiger partial charge in [0.1, 0.15) is 5.65 Å². The van der Waals surface area contributed by atoms with Crippen molar-refractivity contribution in [2.24, 2.45) is 0 Å². The van der Waals surface area contributed by atoms with Gasteiger partial charge in [-0.2, -0.15) is 0 Å². The van der Waals surface area contributed by atoms with E-state index in [2.05, 4.69) is 156 Å². The normalized spacial score (nSPS) is 11.4. The summed E-state index contributed by atoms with van der Waals surface area (Å²) in [5.74, 6) is 0.709. The van der Waals surface area contributed by atoms with Gasteiger partial charge in [-0.25, -0.2) is 9.97 Å². The zero-order valence-corrected chi connectivity index (χ0v) is 25.6. The molecule has 9 aromatic rings. The lowest BCUT2D eigenvalue weighted by molar-refractivity contribution is 1.11. The minimum Gasteiger partial charge on any atom is -0.294 e. The van der Waals surface area contributed by atoms with E-state index in [0.29, 0.717) is 5.82 Å². The predicted octanol–water partition coefficient (Wildman–Crippen LogP) is 11.4. The zero-order valence-electron chi connectivity index (χ0n) is 25.6. The third kappa shape index (κ3) is 4.68. The zero-order chi connectivity index (χ0) is 31.2. The molecule has 0 aliphatic carbocycles. The van der Waals surface area contributed by atoms with Crippen LogP contribution in [0.15, 0.2) is 176 Å². The highest BCUT2D eigenvalue weighted by Gasteiger charge is 2.21. The first kappa shape index (κ1) is 27.0. The third-order valence-corrected chi connectivity index (χ3v) is 9.02. The van der Waals surface area contributed by atoms with Gasteiger partial charge < -0.3 is 0 Å². The van der Waals surface area contributed by atoms with Gasteiger partial charge in [0, 0.05) is 22.2 Å². The van der Waals surface area contributed by atoms with Crippen LogP contribution in [-0.2, 0) is 0 Å². The van der Waals surface area contributed by atoms with Crippen molar-refractivity contribution in [3.05, 3.63) is 176 Å². The molecule has 0 unspecified atom stereocenters. The van der Waals surface area contributed by atoms with Crippen molar-refractivity contribution in [1.82, 2.24) is 14.5 Å². The topological polar surface area (TPSA) is 30.7 Å². The van der Waals surface area contributed by atoms with Crippen LogP contribution in [-0.4, -0.2) is 14.5 Å². The highest BCUT2D eigenvalue weighted by Crippen LogP contribution is 2.40. The number of hydrogen-bond donors (Lipinski definition) is 0. The Kier molecular flexibility index (Phi) is 6.46. The van der Waals surface area contributed by atoms with Crippen molar-refractivity contribution in [3.63, 3.8) is 0 Å². The van der Waals surface area contributed by atoms with Crippen LogP contribution in [0.2, 0.25) is 0 Å². The van der Waals surface area contributed by atoms with Crippen LogP contribution >= 0.6 is 0 Å². The molecule has 0 N–H and O–H groups in total.